The monoisotopic (exact) mass is 201 g/mol. The van der Waals surface area contributed by atoms with E-state index >= 15 is 0 Å². The van der Waals surface area contributed by atoms with Crippen LogP contribution in [0.15, 0.2) is 30.5 Å². The highest BCUT2D eigenvalue weighted by Crippen LogP contribution is 2.09. The molecule has 0 radical (unpaired) electrons. The Bertz CT molecular complexity index is 451. The maximum atomic E-state index is 5.70. The van der Waals surface area contributed by atoms with Crippen LogP contribution in [0.5, 0.6) is 0 Å². The third-order valence-corrected chi connectivity index (χ3v) is 2.35. The van der Waals surface area contributed by atoms with Crippen LogP contribution in [0.25, 0.3) is 11.0 Å². The van der Waals surface area contributed by atoms with Crippen molar-refractivity contribution in [1.29, 1.82) is 0 Å². The second-order valence-electron chi connectivity index (χ2n) is 3.87. The van der Waals surface area contributed by atoms with Gasteiger partial charge in [-0.25, -0.2) is 4.98 Å². The Labute approximate surface area is 89.4 Å². The molecule has 0 saturated heterocycles. The van der Waals surface area contributed by atoms with Crippen LogP contribution < -0.4 is 5.73 Å². The molecule has 3 heteroatoms. The normalized spacial score (nSPS) is 12.9. The summed E-state index contributed by atoms with van der Waals surface area (Å²) in [5.41, 5.74) is 8.63. The first kappa shape index (κ1) is 10.1. The van der Waals surface area contributed by atoms with Gasteiger partial charge in [0, 0.05) is 12.2 Å². The Kier molecular flexibility index (Phi) is 2.92. The molecule has 0 bridgehead atoms. The van der Waals surface area contributed by atoms with Crippen molar-refractivity contribution in [1.82, 2.24) is 9.97 Å². The lowest BCUT2D eigenvalue weighted by Gasteiger charge is -2.04. The van der Waals surface area contributed by atoms with E-state index in [-0.39, 0.29) is 6.04 Å². The lowest BCUT2D eigenvalue weighted by Crippen LogP contribution is -2.15. The fourth-order valence-corrected chi connectivity index (χ4v) is 1.49. The van der Waals surface area contributed by atoms with Crippen LogP contribution in [-0.4, -0.2) is 16.0 Å². The molecule has 2 N–H and O–H groups in total. The molecule has 2 rings (SSSR count). The predicted octanol–water partition coefficient (Wildman–Crippen LogP) is 1.91. The van der Waals surface area contributed by atoms with Gasteiger partial charge in [0.15, 0.2) is 0 Å². The summed E-state index contributed by atoms with van der Waals surface area (Å²) in [4.78, 5) is 8.88. The minimum Gasteiger partial charge on any atom is -0.328 e. The Hall–Kier alpha value is -1.48. The van der Waals surface area contributed by atoms with E-state index in [1.807, 2.05) is 37.4 Å². The molecule has 0 aliphatic heterocycles. The van der Waals surface area contributed by atoms with Crippen molar-refractivity contribution in [2.45, 2.75) is 25.8 Å². The first-order chi connectivity index (χ1) is 7.25. The van der Waals surface area contributed by atoms with Gasteiger partial charge in [-0.2, -0.15) is 0 Å². The number of aryl methyl sites for hydroxylation is 1. The first-order valence-corrected chi connectivity index (χ1v) is 5.22. The zero-order chi connectivity index (χ0) is 10.7. The van der Waals surface area contributed by atoms with Crippen LogP contribution in [-0.2, 0) is 6.42 Å². The van der Waals surface area contributed by atoms with E-state index in [9.17, 15) is 0 Å². The van der Waals surface area contributed by atoms with Gasteiger partial charge in [-0.05, 0) is 31.9 Å². The molecule has 2 aromatic rings. The summed E-state index contributed by atoms with van der Waals surface area (Å²) in [5, 5.41) is 0. The lowest BCUT2D eigenvalue weighted by atomic mass is 10.1. The second kappa shape index (κ2) is 4.36. The predicted molar refractivity (Wildman–Crippen MR) is 61.5 cm³/mol. The van der Waals surface area contributed by atoms with Crippen LogP contribution in [0.4, 0.5) is 0 Å². The quantitative estimate of drug-likeness (QED) is 0.825. The summed E-state index contributed by atoms with van der Waals surface area (Å²) in [6.45, 7) is 2.01. The van der Waals surface area contributed by atoms with E-state index < -0.39 is 0 Å². The van der Waals surface area contributed by atoms with Crippen LogP contribution in [0.1, 0.15) is 19.0 Å². The van der Waals surface area contributed by atoms with Gasteiger partial charge < -0.3 is 5.73 Å². The zero-order valence-electron chi connectivity index (χ0n) is 8.85. The molecule has 0 fully saturated rings. The number of aromatic nitrogens is 2. The molecule has 1 heterocycles. The van der Waals surface area contributed by atoms with Crippen LogP contribution >= 0.6 is 0 Å². The number of nitrogens with two attached hydrogens (primary N) is 1. The maximum Gasteiger partial charge on any atom is 0.0890 e. The van der Waals surface area contributed by atoms with E-state index in [4.69, 9.17) is 5.73 Å². The highest BCUT2D eigenvalue weighted by atomic mass is 14.8. The van der Waals surface area contributed by atoms with Gasteiger partial charge >= 0.3 is 0 Å². The molecule has 3 nitrogen and oxygen atoms in total. The average molecular weight is 201 g/mol. The number of benzene rings is 1. The Morgan fingerprint density at radius 2 is 2.00 bits per heavy atom. The number of para-hydroxylation sites is 2. The summed E-state index contributed by atoms with van der Waals surface area (Å²) in [6.07, 6.45) is 3.69. The zero-order valence-corrected chi connectivity index (χ0v) is 8.85. The Balaban J connectivity index is 2.23. The Morgan fingerprint density at radius 1 is 1.27 bits per heavy atom. The van der Waals surface area contributed by atoms with Crippen molar-refractivity contribution in [3.05, 3.63) is 36.2 Å². The van der Waals surface area contributed by atoms with Gasteiger partial charge in [0.25, 0.3) is 0 Å². The molecule has 1 aromatic heterocycles. The number of hydrogen-bond acceptors (Lipinski definition) is 3. The molecule has 1 atom stereocenters. The van der Waals surface area contributed by atoms with Gasteiger partial charge in [-0.15, -0.1) is 0 Å². The molecule has 1 aromatic carbocycles. The number of rotatable bonds is 3. The summed E-state index contributed by atoms with van der Waals surface area (Å²) >= 11 is 0. The smallest absolute Gasteiger partial charge is 0.0890 e. The third-order valence-electron chi connectivity index (χ3n) is 2.35. The SMILES string of the molecule is C[C@@H](N)CCc1cnc2ccccc2n1. The van der Waals surface area contributed by atoms with Crippen molar-refractivity contribution < 1.29 is 0 Å². The van der Waals surface area contributed by atoms with Gasteiger partial charge in [0.2, 0.25) is 0 Å². The Morgan fingerprint density at radius 3 is 2.73 bits per heavy atom. The number of nitrogens with zero attached hydrogens (tertiary/aromatic N) is 2. The minimum absolute atomic E-state index is 0.221. The third kappa shape index (κ3) is 2.50. The molecule has 0 aliphatic carbocycles. The van der Waals surface area contributed by atoms with E-state index in [0.717, 1.165) is 29.6 Å². The fourth-order valence-electron chi connectivity index (χ4n) is 1.49. The van der Waals surface area contributed by atoms with E-state index in [1.54, 1.807) is 0 Å². The summed E-state index contributed by atoms with van der Waals surface area (Å²) in [5.74, 6) is 0. The van der Waals surface area contributed by atoms with Crippen molar-refractivity contribution in [2.24, 2.45) is 5.73 Å². The molecule has 0 aliphatic rings. The molecule has 15 heavy (non-hydrogen) atoms. The molecule has 0 unspecified atom stereocenters. The lowest BCUT2D eigenvalue weighted by molar-refractivity contribution is 0.658. The van der Waals surface area contributed by atoms with Crippen LogP contribution in [0.2, 0.25) is 0 Å². The molecule has 0 amide bonds. The maximum absolute atomic E-state index is 5.70. The van der Waals surface area contributed by atoms with Gasteiger partial charge in [0.05, 0.1) is 16.7 Å². The fraction of sp³-hybridized carbons (Fsp3) is 0.333. The van der Waals surface area contributed by atoms with E-state index in [1.165, 1.54) is 0 Å². The largest absolute Gasteiger partial charge is 0.328 e. The van der Waals surface area contributed by atoms with Crippen molar-refractivity contribution in [3.63, 3.8) is 0 Å². The van der Waals surface area contributed by atoms with E-state index in [0.29, 0.717) is 0 Å². The van der Waals surface area contributed by atoms with Gasteiger partial charge in [0.1, 0.15) is 0 Å². The highest BCUT2D eigenvalue weighted by Gasteiger charge is 2.00. The van der Waals surface area contributed by atoms with Crippen molar-refractivity contribution >= 4 is 11.0 Å². The average Bonchev–Trinajstić information content (AvgIpc) is 2.26. The van der Waals surface area contributed by atoms with Crippen molar-refractivity contribution in [3.8, 4) is 0 Å². The van der Waals surface area contributed by atoms with Gasteiger partial charge in [-0.1, -0.05) is 12.1 Å². The minimum atomic E-state index is 0.221. The molecule has 0 saturated carbocycles. The molecular weight excluding hydrogens is 186 g/mol. The number of hydrogen-bond donors (Lipinski definition) is 1. The first-order valence-electron chi connectivity index (χ1n) is 5.22. The highest BCUT2D eigenvalue weighted by molar-refractivity contribution is 5.73. The van der Waals surface area contributed by atoms with Gasteiger partial charge in [-0.3, -0.25) is 4.98 Å². The topological polar surface area (TPSA) is 51.8 Å². The second-order valence-corrected chi connectivity index (χ2v) is 3.87. The van der Waals surface area contributed by atoms with E-state index in [2.05, 4.69) is 9.97 Å². The van der Waals surface area contributed by atoms with Crippen LogP contribution in [0.3, 0.4) is 0 Å². The molecule has 0 spiro atoms. The molecular formula is C12H15N3. The number of fused-ring (bicyclic) bond motifs is 1. The summed E-state index contributed by atoms with van der Waals surface area (Å²) < 4.78 is 0. The van der Waals surface area contributed by atoms with Crippen molar-refractivity contribution in [2.75, 3.05) is 0 Å². The van der Waals surface area contributed by atoms with Crippen LogP contribution in [0, 0.1) is 0 Å². The summed E-state index contributed by atoms with van der Waals surface area (Å²) in [6, 6.07) is 8.12. The standard InChI is InChI=1S/C12H15N3/c1-9(13)6-7-10-8-14-11-4-2-3-5-12(11)15-10/h2-5,8-9H,6-7,13H2,1H3/t9-/m1/s1. The molecule has 78 valence electrons. The summed E-state index contributed by atoms with van der Waals surface area (Å²) in [7, 11) is 0.